The molecule has 2 aromatic rings. The van der Waals surface area contributed by atoms with E-state index in [1.54, 1.807) is 36.7 Å². The number of pyridine rings is 1. The van der Waals surface area contributed by atoms with Gasteiger partial charge in [-0.1, -0.05) is 6.07 Å². The Balaban J connectivity index is 0.00000364. The first-order valence-electron chi connectivity index (χ1n) is 8.61. The van der Waals surface area contributed by atoms with Crippen LogP contribution in [0.1, 0.15) is 25.5 Å². The Morgan fingerprint density at radius 3 is 2.67 bits per heavy atom. The molecular formula is C19H26FIN4O2. The minimum absolute atomic E-state index is 0. The fraction of sp³-hybridized carbons (Fsp3) is 0.368. The summed E-state index contributed by atoms with van der Waals surface area (Å²) in [5, 5.41) is 16.5. The fourth-order valence-electron chi connectivity index (χ4n) is 2.27. The monoisotopic (exact) mass is 488 g/mol. The van der Waals surface area contributed by atoms with Crippen LogP contribution in [0, 0.1) is 5.82 Å². The van der Waals surface area contributed by atoms with Crippen molar-refractivity contribution in [1.82, 2.24) is 15.6 Å². The van der Waals surface area contributed by atoms with Crippen molar-refractivity contribution in [2.45, 2.75) is 26.1 Å². The second-order valence-corrected chi connectivity index (χ2v) is 5.78. The van der Waals surface area contributed by atoms with Gasteiger partial charge in [-0.25, -0.2) is 4.39 Å². The van der Waals surface area contributed by atoms with Crippen molar-refractivity contribution in [2.24, 2.45) is 4.99 Å². The Hall–Kier alpha value is -1.94. The maximum atomic E-state index is 13.2. The van der Waals surface area contributed by atoms with E-state index in [0.29, 0.717) is 24.8 Å². The van der Waals surface area contributed by atoms with Gasteiger partial charge in [0.25, 0.3) is 0 Å². The highest BCUT2D eigenvalue weighted by molar-refractivity contribution is 14.0. The second kappa shape index (κ2) is 12.4. The molecule has 0 amide bonds. The normalized spacial score (nSPS) is 13.3. The predicted molar refractivity (Wildman–Crippen MR) is 115 cm³/mol. The molecule has 0 spiro atoms. The molecule has 0 fully saturated rings. The van der Waals surface area contributed by atoms with Crippen LogP contribution in [0.5, 0.6) is 5.75 Å². The van der Waals surface area contributed by atoms with Crippen molar-refractivity contribution in [3.8, 4) is 5.75 Å². The molecule has 2 rings (SSSR count). The topological polar surface area (TPSA) is 78.8 Å². The molecule has 27 heavy (non-hydrogen) atoms. The molecule has 2 unspecified atom stereocenters. The molecule has 0 saturated heterocycles. The molecule has 8 heteroatoms. The molecule has 1 aromatic carbocycles. The van der Waals surface area contributed by atoms with Gasteiger partial charge >= 0.3 is 0 Å². The Morgan fingerprint density at radius 1 is 1.26 bits per heavy atom. The molecule has 1 heterocycles. The van der Waals surface area contributed by atoms with Crippen molar-refractivity contribution in [3.63, 3.8) is 0 Å². The van der Waals surface area contributed by atoms with Crippen LogP contribution in [0.25, 0.3) is 0 Å². The first-order valence-corrected chi connectivity index (χ1v) is 8.61. The van der Waals surface area contributed by atoms with Gasteiger partial charge in [-0.15, -0.1) is 24.0 Å². The highest BCUT2D eigenvalue weighted by Gasteiger charge is 2.09. The van der Waals surface area contributed by atoms with Crippen LogP contribution in [0.2, 0.25) is 0 Å². The average Bonchev–Trinajstić information content (AvgIpc) is 2.64. The number of aliphatic hydroxyl groups excluding tert-OH is 1. The van der Waals surface area contributed by atoms with Crippen molar-refractivity contribution in [2.75, 3.05) is 19.6 Å². The van der Waals surface area contributed by atoms with Gasteiger partial charge in [0.05, 0.1) is 19.2 Å². The third kappa shape index (κ3) is 8.53. The first kappa shape index (κ1) is 23.1. The zero-order valence-corrected chi connectivity index (χ0v) is 17.8. The van der Waals surface area contributed by atoms with Gasteiger partial charge in [-0.05, 0) is 43.7 Å². The van der Waals surface area contributed by atoms with E-state index >= 15 is 0 Å². The molecule has 2 atom stereocenters. The molecular weight excluding hydrogens is 462 g/mol. The Kier molecular flexibility index (Phi) is 10.6. The number of rotatable bonds is 8. The van der Waals surface area contributed by atoms with E-state index in [1.807, 2.05) is 13.8 Å². The van der Waals surface area contributed by atoms with E-state index in [0.717, 1.165) is 5.56 Å². The number of nitrogens with one attached hydrogen (secondary N) is 2. The molecule has 0 aliphatic rings. The maximum Gasteiger partial charge on any atom is 0.191 e. The summed E-state index contributed by atoms with van der Waals surface area (Å²) in [6.45, 7) is 5.24. The summed E-state index contributed by atoms with van der Waals surface area (Å²) in [7, 11) is 0. The number of hydrogen-bond acceptors (Lipinski definition) is 4. The summed E-state index contributed by atoms with van der Waals surface area (Å²) in [4.78, 5) is 8.32. The van der Waals surface area contributed by atoms with Crippen molar-refractivity contribution >= 4 is 29.9 Å². The van der Waals surface area contributed by atoms with Crippen LogP contribution in [0.3, 0.4) is 0 Å². The Bertz CT molecular complexity index is 703. The largest absolute Gasteiger partial charge is 0.489 e. The number of benzene rings is 1. The van der Waals surface area contributed by atoms with Gasteiger partial charge in [-0.3, -0.25) is 9.98 Å². The van der Waals surface area contributed by atoms with Gasteiger partial charge in [0.2, 0.25) is 0 Å². The highest BCUT2D eigenvalue weighted by Crippen LogP contribution is 2.13. The Labute approximate surface area is 176 Å². The zero-order chi connectivity index (χ0) is 18.8. The molecule has 6 nitrogen and oxygen atoms in total. The van der Waals surface area contributed by atoms with Gasteiger partial charge in [0.1, 0.15) is 17.7 Å². The number of guanidine groups is 1. The number of aliphatic imine (C=N–C) groups is 1. The molecule has 0 saturated carbocycles. The minimum atomic E-state index is -0.700. The van der Waals surface area contributed by atoms with Crippen LogP contribution >= 0.6 is 24.0 Å². The van der Waals surface area contributed by atoms with E-state index in [4.69, 9.17) is 4.74 Å². The predicted octanol–water partition coefficient (Wildman–Crippen LogP) is 2.89. The van der Waals surface area contributed by atoms with E-state index < -0.39 is 6.10 Å². The summed E-state index contributed by atoms with van der Waals surface area (Å²) in [5.74, 6) is 0.729. The summed E-state index contributed by atoms with van der Waals surface area (Å²) in [5.41, 5.74) is 0.766. The van der Waals surface area contributed by atoms with Crippen molar-refractivity contribution < 1.29 is 14.2 Å². The van der Waals surface area contributed by atoms with Crippen molar-refractivity contribution in [3.05, 3.63) is 60.2 Å². The summed E-state index contributed by atoms with van der Waals surface area (Å²) in [6, 6.07) is 9.56. The SMILES string of the molecule is CCNC(=NCC(O)c1ccncc1)NCC(C)Oc1cccc(F)c1.I. The summed E-state index contributed by atoms with van der Waals surface area (Å²) in [6.07, 6.45) is 2.38. The number of ether oxygens (including phenoxy) is 1. The van der Waals surface area contributed by atoms with Crippen LogP contribution < -0.4 is 15.4 Å². The van der Waals surface area contributed by atoms with Crippen LogP contribution in [-0.2, 0) is 0 Å². The lowest BCUT2D eigenvalue weighted by Gasteiger charge is -2.18. The molecule has 0 radical (unpaired) electrons. The van der Waals surface area contributed by atoms with Gasteiger partial charge in [-0.2, -0.15) is 0 Å². The number of halogens is 2. The third-order valence-corrected chi connectivity index (χ3v) is 3.55. The molecule has 1 aromatic heterocycles. The first-order chi connectivity index (χ1) is 12.6. The smallest absolute Gasteiger partial charge is 0.191 e. The lowest BCUT2D eigenvalue weighted by atomic mass is 10.1. The van der Waals surface area contributed by atoms with Crippen LogP contribution in [0.15, 0.2) is 53.8 Å². The van der Waals surface area contributed by atoms with Crippen LogP contribution in [-0.4, -0.2) is 41.8 Å². The standard InChI is InChI=1S/C19H25FN4O2.HI/c1-3-22-19(24-13-18(25)15-7-9-21-10-8-15)23-12-14(2)26-17-6-4-5-16(20)11-17;/h4-11,14,18,25H,3,12-13H2,1-2H3,(H2,22,23,24);1H. The molecule has 148 valence electrons. The fourth-order valence-corrected chi connectivity index (χ4v) is 2.27. The quantitative estimate of drug-likeness (QED) is 0.303. The van der Waals surface area contributed by atoms with E-state index in [1.165, 1.54) is 12.1 Å². The van der Waals surface area contributed by atoms with Gasteiger partial charge in [0.15, 0.2) is 5.96 Å². The number of hydrogen-bond donors (Lipinski definition) is 3. The lowest BCUT2D eigenvalue weighted by Crippen LogP contribution is -2.42. The van der Waals surface area contributed by atoms with E-state index in [-0.39, 0.29) is 42.4 Å². The molecule has 3 N–H and O–H groups in total. The van der Waals surface area contributed by atoms with E-state index in [2.05, 4.69) is 20.6 Å². The van der Waals surface area contributed by atoms with Crippen LogP contribution in [0.4, 0.5) is 4.39 Å². The lowest BCUT2D eigenvalue weighted by molar-refractivity contribution is 0.187. The number of nitrogens with zero attached hydrogens (tertiary/aromatic N) is 2. The zero-order valence-electron chi connectivity index (χ0n) is 15.4. The second-order valence-electron chi connectivity index (χ2n) is 5.78. The average molecular weight is 488 g/mol. The molecule has 0 bridgehead atoms. The van der Waals surface area contributed by atoms with Gasteiger partial charge < -0.3 is 20.5 Å². The summed E-state index contributed by atoms with van der Waals surface area (Å²) >= 11 is 0. The minimum Gasteiger partial charge on any atom is -0.489 e. The molecule has 0 aliphatic heterocycles. The summed E-state index contributed by atoms with van der Waals surface area (Å²) < 4.78 is 18.9. The number of aliphatic hydroxyl groups is 1. The third-order valence-electron chi connectivity index (χ3n) is 3.55. The number of aromatic nitrogens is 1. The van der Waals surface area contributed by atoms with Crippen molar-refractivity contribution in [1.29, 1.82) is 0 Å². The Morgan fingerprint density at radius 2 is 2.00 bits per heavy atom. The van der Waals surface area contributed by atoms with E-state index in [9.17, 15) is 9.50 Å². The maximum absolute atomic E-state index is 13.2. The molecule has 0 aliphatic carbocycles. The highest BCUT2D eigenvalue weighted by atomic mass is 127. The van der Waals surface area contributed by atoms with Gasteiger partial charge in [0, 0.05) is 25.0 Å².